The summed E-state index contributed by atoms with van der Waals surface area (Å²) in [5.74, 6) is -0.701. The number of methoxy groups -OCH3 is 1. The molecule has 0 rings (SSSR count). The average molecular weight is 1120 g/mol. The molecule has 0 fully saturated rings. The van der Waals surface area contributed by atoms with Gasteiger partial charge in [-0.15, -0.1) is 0 Å². The number of carbonyl (C=O) groups is 4. The minimum absolute atomic E-state index is 0.151. The van der Waals surface area contributed by atoms with E-state index in [4.69, 9.17) is 18.9 Å². The number of ether oxygens (including phenoxy) is 4. The Morgan fingerprint density at radius 3 is 0.633 bits per heavy atom. The van der Waals surface area contributed by atoms with E-state index in [9.17, 15) is 19.2 Å². The summed E-state index contributed by atoms with van der Waals surface area (Å²) in [7, 11) is 1.42. The van der Waals surface area contributed by atoms with Crippen molar-refractivity contribution in [2.45, 2.75) is 279 Å². The van der Waals surface area contributed by atoms with E-state index in [1.54, 1.807) is 0 Å². The topological polar surface area (TPSA) is 121 Å². The molecule has 13 heteroatoms. The van der Waals surface area contributed by atoms with Gasteiger partial charge in [-0.25, -0.2) is 0 Å². The number of hydrogen-bond donors (Lipinski definition) is 0. The Labute approximate surface area is 488 Å². The lowest BCUT2D eigenvalue weighted by Crippen LogP contribution is -2.43. The molecule has 79 heavy (non-hydrogen) atoms. The van der Waals surface area contributed by atoms with Gasteiger partial charge in [0.05, 0.1) is 52.6 Å². The first kappa shape index (κ1) is 76.7. The smallest absolute Gasteiger partial charge is 0.307 e. The molecule has 0 aromatic carbocycles. The van der Waals surface area contributed by atoms with E-state index in [1.807, 2.05) is 0 Å². The summed E-state index contributed by atoms with van der Waals surface area (Å²) in [6.07, 6.45) is 42.9. The lowest BCUT2D eigenvalue weighted by molar-refractivity contribution is -0.145. The van der Waals surface area contributed by atoms with E-state index in [-0.39, 0.29) is 23.9 Å². The summed E-state index contributed by atoms with van der Waals surface area (Å²) in [6, 6.07) is 0. The number of unbranched alkanes of at least 4 members (excludes halogenated alkanes) is 30. The molecular weight excluding hydrogens is 991 g/mol. The van der Waals surface area contributed by atoms with E-state index in [1.165, 1.54) is 180 Å². The molecule has 468 valence electrons. The molecule has 0 aromatic heterocycles. The molecule has 0 saturated carbocycles. The molecular formula is C66H131N5O8. The molecule has 0 spiro atoms. The van der Waals surface area contributed by atoms with Crippen LogP contribution in [-0.4, -0.2) is 173 Å². The zero-order chi connectivity index (χ0) is 57.9. The highest BCUT2D eigenvalue weighted by atomic mass is 16.5. The predicted octanol–water partition coefficient (Wildman–Crippen LogP) is 14.9. The molecule has 0 bridgehead atoms. The zero-order valence-electron chi connectivity index (χ0n) is 53.4. The Morgan fingerprint density at radius 1 is 0.241 bits per heavy atom. The first-order valence-electron chi connectivity index (χ1n) is 33.8. The van der Waals surface area contributed by atoms with Crippen LogP contribution in [-0.2, 0) is 38.1 Å². The van der Waals surface area contributed by atoms with Gasteiger partial charge < -0.3 is 43.4 Å². The van der Waals surface area contributed by atoms with Crippen molar-refractivity contribution in [1.29, 1.82) is 0 Å². The van der Waals surface area contributed by atoms with Crippen molar-refractivity contribution in [3.63, 3.8) is 0 Å². The van der Waals surface area contributed by atoms with Crippen molar-refractivity contribution >= 4 is 23.9 Å². The predicted molar refractivity (Wildman–Crippen MR) is 332 cm³/mol. The lowest BCUT2D eigenvalue weighted by Gasteiger charge is -2.31. The Balaban J connectivity index is 5.03. The standard InChI is InChI=1S/C66H131N5O8/c1-8-14-17-20-23-26-29-32-35-38-41-60-77-64(73)45-49-70(48-44-63(72)76-7)58-56-68(12-5)54-52-67(11-4)53-55-69(13-6)57-59-71(50-46-65(74)78-61-42-39-36-33-30-27-24-21-18-15-9-2)51-47-66(75)79-62-43-40-37-34-31-28-25-22-19-16-10-3/h8-62H2,1-7H3. The maximum Gasteiger partial charge on any atom is 0.307 e. The summed E-state index contributed by atoms with van der Waals surface area (Å²) in [5.41, 5.74) is 0. The average Bonchev–Trinajstić information content (AvgIpc) is 3.45. The van der Waals surface area contributed by atoms with Crippen LogP contribution in [0.5, 0.6) is 0 Å². The minimum atomic E-state index is -0.237. The van der Waals surface area contributed by atoms with E-state index >= 15 is 0 Å². The van der Waals surface area contributed by atoms with Crippen molar-refractivity contribution in [2.24, 2.45) is 0 Å². The SMILES string of the molecule is CCCCCCCCCCCCCOC(=O)CCN(CCC(=O)OC)CCN(CC)CCN(CC)CCN(CC)CCN(CCC(=O)OCCCCCCCCCCCCC)CCC(=O)OCCCCCCCCCCCCC. The highest BCUT2D eigenvalue weighted by molar-refractivity contribution is 5.70. The van der Waals surface area contributed by atoms with Gasteiger partial charge in [0.2, 0.25) is 0 Å². The maximum absolute atomic E-state index is 12.9. The second-order valence-electron chi connectivity index (χ2n) is 22.8. The first-order chi connectivity index (χ1) is 38.6. The second-order valence-corrected chi connectivity index (χ2v) is 22.8. The molecule has 0 amide bonds. The molecule has 0 aliphatic rings. The van der Waals surface area contributed by atoms with Gasteiger partial charge >= 0.3 is 23.9 Å². The van der Waals surface area contributed by atoms with Gasteiger partial charge in [-0.2, -0.15) is 0 Å². The van der Waals surface area contributed by atoms with Crippen molar-refractivity contribution in [2.75, 3.05) is 125 Å². The molecule has 0 heterocycles. The summed E-state index contributed by atoms with van der Waals surface area (Å²) in [6.45, 7) is 26.9. The van der Waals surface area contributed by atoms with E-state index < -0.39 is 0 Å². The molecule has 0 radical (unpaired) electrons. The van der Waals surface area contributed by atoms with Crippen LogP contribution in [0, 0.1) is 0 Å². The van der Waals surface area contributed by atoms with Crippen LogP contribution < -0.4 is 0 Å². The van der Waals surface area contributed by atoms with Gasteiger partial charge in [-0.05, 0) is 38.9 Å². The fourth-order valence-corrected chi connectivity index (χ4v) is 10.3. The van der Waals surface area contributed by atoms with E-state index in [0.29, 0.717) is 71.7 Å². The summed E-state index contributed by atoms with van der Waals surface area (Å²) < 4.78 is 22.0. The molecule has 0 saturated heterocycles. The zero-order valence-corrected chi connectivity index (χ0v) is 53.4. The van der Waals surface area contributed by atoms with Gasteiger partial charge in [0.15, 0.2) is 0 Å². The summed E-state index contributed by atoms with van der Waals surface area (Å²) in [4.78, 5) is 62.6. The fourth-order valence-electron chi connectivity index (χ4n) is 10.3. The third-order valence-electron chi connectivity index (χ3n) is 16.1. The number of likely N-dealkylation sites (N-methyl/N-ethyl adjacent to an activating group) is 3. The number of esters is 4. The first-order valence-corrected chi connectivity index (χ1v) is 33.8. The molecule has 0 aliphatic heterocycles. The van der Waals surface area contributed by atoms with Crippen molar-refractivity contribution < 1.29 is 38.1 Å². The number of carbonyl (C=O) groups excluding carboxylic acids is 4. The Kier molecular flexibility index (Phi) is 58.5. The highest BCUT2D eigenvalue weighted by Crippen LogP contribution is 2.15. The third kappa shape index (κ3) is 53.4. The molecule has 0 N–H and O–H groups in total. The van der Waals surface area contributed by atoms with Crippen LogP contribution in [0.25, 0.3) is 0 Å². The quantitative estimate of drug-likeness (QED) is 0.0327. The highest BCUT2D eigenvalue weighted by Gasteiger charge is 2.17. The van der Waals surface area contributed by atoms with Crippen molar-refractivity contribution in [3.8, 4) is 0 Å². The van der Waals surface area contributed by atoms with Crippen LogP contribution in [0.4, 0.5) is 0 Å². The van der Waals surface area contributed by atoms with Crippen LogP contribution in [0.1, 0.15) is 279 Å². The van der Waals surface area contributed by atoms with Crippen LogP contribution in [0.2, 0.25) is 0 Å². The number of rotatable bonds is 63. The van der Waals surface area contributed by atoms with Gasteiger partial charge in [-0.3, -0.25) is 19.2 Å². The Hall–Kier alpha value is -2.32. The molecule has 13 nitrogen and oxygen atoms in total. The largest absolute Gasteiger partial charge is 0.469 e. The summed E-state index contributed by atoms with van der Waals surface area (Å²) >= 11 is 0. The maximum atomic E-state index is 12.9. The summed E-state index contributed by atoms with van der Waals surface area (Å²) in [5, 5.41) is 0. The second kappa shape index (κ2) is 60.3. The van der Waals surface area contributed by atoms with E-state index in [0.717, 1.165) is 111 Å². The van der Waals surface area contributed by atoms with Gasteiger partial charge in [-0.1, -0.05) is 234 Å². The normalized spacial score (nSPS) is 11.7. The minimum Gasteiger partial charge on any atom is -0.469 e. The lowest BCUT2D eigenvalue weighted by atomic mass is 10.1. The molecule has 0 aromatic rings. The number of hydrogen-bond acceptors (Lipinski definition) is 13. The Morgan fingerprint density at radius 2 is 0.430 bits per heavy atom. The molecule has 0 unspecified atom stereocenters. The Bertz CT molecular complexity index is 1300. The molecule has 0 atom stereocenters. The van der Waals surface area contributed by atoms with Gasteiger partial charge in [0.1, 0.15) is 0 Å². The third-order valence-corrected chi connectivity index (χ3v) is 16.1. The van der Waals surface area contributed by atoms with E-state index in [2.05, 4.69) is 66.0 Å². The van der Waals surface area contributed by atoms with Crippen LogP contribution >= 0.6 is 0 Å². The van der Waals surface area contributed by atoms with Crippen LogP contribution in [0.3, 0.4) is 0 Å². The fraction of sp³-hybridized carbons (Fsp3) is 0.939. The van der Waals surface area contributed by atoms with Crippen LogP contribution in [0.15, 0.2) is 0 Å². The van der Waals surface area contributed by atoms with Gasteiger partial charge in [0, 0.05) is 78.5 Å². The van der Waals surface area contributed by atoms with Crippen molar-refractivity contribution in [1.82, 2.24) is 24.5 Å². The number of nitrogens with zero attached hydrogens (tertiary/aromatic N) is 5. The molecule has 0 aliphatic carbocycles. The monoisotopic (exact) mass is 1120 g/mol. The van der Waals surface area contributed by atoms with Crippen molar-refractivity contribution in [3.05, 3.63) is 0 Å². The van der Waals surface area contributed by atoms with Gasteiger partial charge in [0.25, 0.3) is 0 Å².